The van der Waals surface area contributed by atoms with Gasteiger partial charge in [0.05, 0.1) is 42.7 Å². The lowest BCUT2D eigenvalue weighted by molar-refractivity contribution is 0.285. The lowest BCUT2D eigenvalue weighted by Crippen LogP contribution is -2.04. The van der Waals surface area contributed by atoms with Crippen molar-refractivity contribution < 1.29 is 38.3 Å². The van der Waals surface area contributed by atoms with Crippen molar-refractivity contribution in [2.24, 2.45) is 0 Å². The summed E-state index contributed by atoms with van der Waals surface area (Å²) in [5.41, 5.74) is 5.47. The van der Waals surface area contributed by atoms with Crippen LogP contribution in [0.4, 0.5) is 0 Å². The lowest BCUT2D eigenvalue weighted by atomic mass is 9.83. The Labute approximate surface area is 354 Å². The molecule has 304 valence electrons. The highest BCUT2D eigenvalue weighted by Gasteiger charge is 2.33. The zero-order valence-corrected chi connectivity index (χ0v) is 34.8. The van der Waals surface area contributed by atoms with Crippen LogP contribution in [0.1, 0.15) is 5.56 Å². The molecule has 1 N–H and O–H groups in total. The van der Waals surface area contributed by atoms with Crippen LogP contribution in [0.5, 0.6) is 46.0 Å². The standard InChI is InChI=1S/C53H44O8/c1-55-48-40(54)28-32-20-10-12-22-34(32)42(48)44-36-24-14-16-26-38(36)46(52(59-5)50(44)57-3)47-39-27-17-15-25-37(39)45(51(58-4)53(47)60-6)43-35-23-13-11-21-33(35)29-41(49(43)56-2)61-30-31-18-8-7-9-19-31/h7-29,54H,30H2,1-6H3. The van der Waals surface area contributed by atoms with Crippen LogP contribution in [-0.2, 0) is 6.61 Å². The molecule has 0 saturated carbocycles. The summed E-state index contributed by atoms with van der Waals surface area (Å²) in [4.78, 5) is 0. The van der Waals surface area contributed by atoms with Crippen molar-refractivity contribution in [2.45, 2.75) is 6.61 Å². The van der Waals surface area contributed by atoms with Gasteiger partial charge in [0.15, 0.2) is 46.0 Å². The van der Waals surface area contributed by atoms with E-state index >= 15 is 0 Å². The minimum Gasteiger partial charge on any atom is -0.504 e. The topological polar surface area (TPSA) is 84.8 Å². The van der Waals surface area contributed by atoms with Gasteiger partial charge < -0.3 is 38.3 Å². The molecular weight excluding hydrogens is 765 g/mol. The lowest BCUT2D eigenvalue weighted by Gasteiger charge is -2.27. The normalized spacial score (nSPS) is 11.2. The number of rotatable bonds is 12. The molecule has 0 aliphatic heterocycles. The molecule has 9 aromatic rings. The molecule has 0 unspecified atom stereocenters. The first-order valence-corrected chi connectivity index (χ1v) is 19.9. The Morgan fingerprint density at radius 3 is 1.08 bits per heavy atom. The van der Waals surface area contributed by atoms with E-state index in [9.17, 15) is 5.11 Å². The summed E-state index contributed by atoms with van der Waals surface area (Å²) in [5, 5.41) is 18.5. The molecule has 0 heterocycles. The third-order valence-electron chi connectivity index (χ3n) is 11.4. The predicted octanol–water partition coefficient (Wildman–Crippen LogP) is 12.6. The second kappa shape index (κ2) is 16.2. The van der Waals surface area contributed by atoms with E-state index < -0.39 is 0 Å². The van der Waals surface area contributed by atoms with E-state index in [2.05, 4.69) is 30.3 Å². The van der Waals surface area contributed by atoms with Crippen molar-refractivity contribution >= 4 is 43.1 Å². The van der Waals surface area contributed by atoms with Crippen LogP contribution in [0.3, 0.4) is 0 Å². The molecule has 9 rings (SSSR count). The maximum Gasteiger partial charge on any atom is 0.169 e. The Morgan fingerprint density at radius 2 is 0.672 bits per heavy atom. The summed E-state index contributed by atoms with van der Waals surface area (Å²) in [7, 11) is 9.79. The Kier molecular flexibility index (Phi) is 10.4. The molecule has 8 heteroatoms. The van der Waals surface area contributed by atoms with Crippen LogP contribution in [-0.4, -0.2) is 47.8 Å². The van der Waals surface area contributed by atoms with Gasteiger partial charge in [0.2, 0.25) is 0 Å². The van der Waals surface area contributed by atoms with Gasteiger partial charge in [-0.2, -0.15) is 0 Å². The molecule has 0 aliphatic carbocycles. The monoisotopic (exact) mass is 808 g/mol. The summed E-state index contributed by atoms with van der Waals surface area (Å²) in [6.07, 6.45) is 0. The molecule has 0 atom stereocenters. The molecule has 61 heavy (non-hydrogen) atoms. The number of ether oxygens (including phenoxy) is 7. The largest absolute Gasteiger partial charge is 0.504 e. The van der Waals surface area contributed by atoms with E-state index in [-0.39, 0.29) is 5.75 Å². The number of hydrogen-bond acceptors (Lipinski definition) is 8. The molecule has 0 saturated heterocycles. The van der Waals surface area contributed by atoms with Crippen LogP contribution >= 0.6 is 0 Å². The summed E-state index contributed by atoms with van der Waals surface area (Å²) in [6.45, 7) is 0.351. The van der Waals surface area contributed by atoms with Gasteiger partial charge in [0, 0.05) is 33.4 Å². The fourth-order valence-corrected chi connectivity index (χ4v) is 8.92. The second-order valence-electron chi connectivity index (χ2n) is 14.5. The SMILES string of the molecule is COc1c(O)cc2ccccc2c1-c1c(OC)c(OC)c(-c2c(OC)c(OC)c(-c3c(OC)c(OCc4ccccc4)cc4ccccc34)c3ccccc23)c2ccccc12. The Balaban J connectivity index is 1.41. The van der Waals surface area contributed by atoms with E-state index in [0.29, 0.717) is 58.0 Å². The molecule has 0 spiro atoms. The molecule has 9 aromatic carbocycles. The molecule has 0 aromatic heterocycles. The highest BCUT2D eigenvalue weighted by Crippen LogP contribution is 2.61. The average Bonchev–Trinajstić information content (AvgIpc) is 3.31. The quantitative estimate of drug-likeness (QED) is 0.131. The van der Waals surface area contributed by atoms with Gasteiger partial charge >= 0.3 is 0 Å². The Morgan fingerprint density at radius 1 is 0.344 bits per heavy atom. The number of aromatic hydroxyl groups is 1. The van der Waals surface area contributed by atoms with Crippen LogP contribution in [0.25, 0.3) is 76.5 Å². The van der Waals surface area contributed by atoms with Crippen LogP contribution < -0.4 is 33.2 Å². The fraction of sp³-hybridized carbons (Fsp3) is 0.132. The van der Waals surface area contributed by atoms with Crippen molar-refractivity contribution in [3.05, 3.63) is 145 Å². The molecule has 0 bridgehead atoms. The summed E-state index contributed by atoms with van der Waals surface area (Å²) >= 11 is 0. The predicted molar refractivity (Wildman–Crippen MR) is 245 cm³/mol. The summed E-state index contributed by atoms with van der Waals surface area (Å²) < 4.78 is 44.7. The number of benzene rings is 9. The van der Waals surface area contributed by atoms with Crippen molar-refractivity contribution in [1.29, 1.82) is 0 Å². The number of fused-ring (bicyclic) bond motifs is 4. The van der Waals surface area contributed by atoms with Gasteiger partial charge in [-0.05, 0) is 60.8 Å². The zero-order valence-electron chi connectivity index (χ0n) is 34.8. The summed E-state index contributed by atoms with van der Waals surface area (Å²) in [5.74, 6) is 3.38. The first-order valence-electron chi connectivity index (χ1n) is 19.9. The molecule has 8 nitrogen and oxygen atoms in total. The third kappa shape index (κ3) is 6.30. The highest BCUT2D eigenvalue weighted by molar-refractivity contribution is 6.22. The summed E-state index contributed by atoms with van der Waals surface area (Å²) in [6, 6.07) is 46.2. The van der Waals surface area contributed by atoms with Crippen molar-refractivity contribution in [3.63, 3.8) is 0 Å². The van der Waals surface area contributed by atoms with Crippen molar-refractivity contribution in [2.75, 3.05) is 42.7 Å². The minimum atomic E-state index is 0.0100. The molecular formula is C53H44O8. The zero-order chi connectivity index (χ0) is 42.2. The van der Waals surface area contributed by atoms with E-state index in [1.54, 1.807) is 48.7 Å². The van der Waals surface area contributed by atoms with Crippen LogP contribution in [0.15, 0.2) is 140 Å². The van der Waals surface area contributed by atoms with Gasteiger partial charge in [-0.15, -0.1) is 0 Å². The smallest absolute Gasteiger partial charge is 0.169 e. The second-order valence-corrected chi connectivity index (χ2v) is 14.5. The fourth-order valence-electron chi connectivity index (χ4n) is 8.92. The molecule has 0 fully saturated rings. The number of methoxy groups -OCH3 is 6. The minimum absolute atomic E-state index is 0.0100. The Hall–Kier alpha value is -7.58. The van der Waals surface area contributed by atoms with Crippen molar-refractivity contribution in [3.8, 4) is 79.4 Å². The average molecular weight is 809 g/mol. The number of hydrogen-bond donors (Lipinski definition) is 1. The van der Waals surface area contributed by atoms with E-state index in [1.807, 2.05) is 103 Å². The maximum absolute atomic E-state index is 11.4. The van der Waals surface area contributed by atoms with E-state index in [1.165, 1.54) is 0 Å². The Bertz CT molecular complexity index is 3120. The van der Waals surface area contributed by atoms with Crippen molar-refractivity contribution in [1.82, 2.24) is 0 Å². The first kappa shape index (κ1) is 38.9. The third-order valence-corrected chi connectivity index (χ3v) is 11.4. The van der Waals surface area contributed by atoms with Gasteiger partial charge in [-0.3, -0.25) is 0 Å². The van der Waals surface area contributed by atoms with Gasteiger partial charge in [0.25, 0.3) is 0 Å². The van der Waals surface area contributed by atoms with Crippen LogP contribution in [0.2, 0.25) is 0 Å². The first-order chi connectivity index (χ1) is 30.0. The number of phenolic OH excluding ortho intramolecular Hbond substituents is 1. The highest BCUT2D eigenvalue weighted by atomic mass is 16.5. The number of phenols is 1. The van der Waals surface area contributed by atoms with Gasteiger partial charge in [0.1, 0.15) is 6.61 Å². The maximum atomic E-state index is 11.4. The molecule has 0 aliphatic rings. The molecule has 0 amide bonds. The van der Waals surface area contributed by atoms with Gasteiger partial charge in [-0.25, -0.2) is 0 Å². The molecule has 0 radical (unpaired) electrons. The van der Waals surface area contributed by atoms with Gasteiger partial charge in [-0.1, -0.05) is 127 Å². The van der Waals surface area contributed by atoms with E-state index in [4.69, 9.17) is 33.2 Å². The van der Waals surface area contributed by atoms with Crippen LogP contribution in [0, 0.1) is 0 Å². The van der Waals surface area contributed by atoms with E-state index in [0.717, 1.165) is 70.9 Å².